The van der Waals surface area contributed by atoms with Crippen LogP contribution >= 0.6 is 11.3 Å². The zero-order valence-electron chi connectivity index (χ0n) is 9.42. The Morgan fingerprint density at radius 1 is 1.33 bits per heavy atom. The molecule has 2 aromatic rings. The van der Waals surface area contributed by atoms with Crippen LogP contribution in [0.5, 0.6) is 0 Å². The van der Waals surface area contributed by atoms with Gasteiger partial charge in [-0.1, -0.05) is 17.4 Å². The Kier molecular flexibility index (Phi) is 3.72. The molecular formula is C11H12F3N3S. The Hall–Kier alpha value is -1.34. The monoisotopic (exact) mass is 275 g/mol. The molecule has 0 spiro atoms. The van der Waals surface area contributed by atoms with Crippen LogP contribution in [0.2, 0.25) is 0 Å². The molecule has 0 aliphatic heterocycles. The van der Waals surface area contributed by atoms with E-state index in [4.69, 9.17) is 5.73 Å². The Bertz CT molecular complexity index is 536. The molecule has 0 saturated heterocycles. The minimum atomic E-state index is -4.11. The molecular weight excluding hydrogens is 263 g/mol. The maximum atomic E-state index is 11.9. The Balaban J connectivity index is 1.91. The smallest absolute Gasteiger partial charge is 0.375 e. The van der Waals surface area contributed by atoms with Gasteiger partial charge in [-0.05, 0) is 17.7 Å². The largest absolute Gasteiger partial charge is 0.390 e. The molecule has 0 atom stereocenters. The number of halogens is 3. The molecule has 0 radical (unpaired) electrons. The molecule has 7 heteroatoms. The van der Waals surface area contributed by atoms with Gasteiger partial charge in [0.05, 0.1) is 16.6 Å². The van der Waals surface area contributed by atoms with E-state index >= 15 is 0 Å². The van der Waals surface area contributed by atoms with Crippen molar-refractivity contribution in [3.05, 3.63) is 23.8 Å². The fourth-order valence-corrected chi connectivity index (χ4v) is 2.36. The van der Waals surface area contributed by atoms with Crippen LogP contribution in [0.3, 0.4) is 0 Å². The minimum Gasteiger partial charge on any atom is -0.375 e. The molecule has 98 valence electrons. The summed E-state index contributed by atoms with van der Waals surface area (Å²) in [7, 11) is 0. The molecule has 0 unspecified atom stereocenters. The highest BCUT2D eigenvalue weighted by molar-refractivity contribution is 7.22. The lowest BCUT2D eigenvalue weighted by molar-refractivity contribution is -0.133. The number of benzene rings is 1. The molecule has 2 rings (SSSR count). The fourth-order valence-electron chi connectivity index (χ4n) is 1.56. The van der Waals surface area contributed by atoms with Crippen LogP contribution in [0.15, 0.2) is 18.2 Å². The van der Waals surface area contributed by atoms with Crippen LogP contribution in [0.25, 0.3) is 10.2 Å². The number of nitrogen functional groups attached to an aromatic ring is 1. The second-order valence-electron chi connectivity index (χ2n) is 3.90. The molecule has 0 saturated carbocycles. The zero-order chi connectivity index (χ0) is 13.2. The average Bonchev–Trinajstić information content (AvgIpc) is 2.62. The molecule has 1 heterocycles. The summed E-state index contributed by atoms with van der Waals surface area (Å²) in [6.07, 6.45) is -4.92. The third kappa shape index (κ3) is 3.58. The fraction of sp³-hybridized carbons (Fsp3) is 0.364. The summed E-state index contributed by atoms with van der Waals surface area (Å²) in [5.41, 5.74) is 7.32. The van der Waals surface area contributed by atoms with Gasteiger partial charge in [0.1, 0.15) is 0 Å². The van der Waals surface area contributed by atoms with Crippen LogP contribution in [0.1, 0.15) is 12.0 Å². The second-order valence-corrected chi connectivity index (χ2v) is 4.96. The first-order valence-corrected chi connectivity index (χ1v) is 6.18. The summed E-state index contributed by atoms with van der Waals surface area (Å²) in [5, 5.41) is 3.26. The van der Waals surface area contributed by atoms with Gasteiger partial charge in [0.2, 0.25) is 0 Å². The number of nitrogens with one attached hydrogen (secondary N) is 1. The molecule has 3 N–H and O–H groups in total. The van der Waals surface area contributed by atoms with E-state index in [1.807, 2.05) is 18.2 Å². The maximum Gasteiger partial charge on any atom is 0.390 e. The number of nitrogens with two attached hydrogens (primary N) is 1. The summed E-state index contributed by atoms with van der Waals surface area (Å²) < 4.78 is 36.7. The minimum absolute atomic E-state index is 0.0770. The van der Waals surface area contributed by atoms with E-state index in [0.717, 1.165) is 15.8 Å². The zero-order valence-corrected chi connectivity index (χ0v) is 10.2. The maximum absolute atomic E-state index is 11.9. The quantitative estimate of drug-likeness (QED) is 0.843. The molecule has 0 fully saturated rings. The summed E-state index contributed by atoms with van der Waals surface area (Å²) >= 11 is 1.37. The van der Waals surface area contributed by atoms with Crippen LogP contribution < -0.4 is 11.1 Å². The van der Waals surface area contributed by atoms with Crippen molar-refractivity contribution in [2.75, 3.05) is 12.3 Å². The number of hydrogen-bond acceptors (Lipinski definition) is 4. The molecule has 18 heavy (non-hydrogen) atoms. The van der Waals surface area contributed by atoms with Crippen molar-refractivity contribution in [1.82, 2.24) is 10.3 Å². The number of aromatic nitrogens is 1. The van der Waals surface area contributed by atoms with Crippen molar-refractivity contribution < 1.29 is 13.2 Å². The normalized spacial score (nSPS) is 12.2. The van der Waals surface area contributed by atoms with Gasteiger partial charge in [-0.2, -0.15) is 13.2 Å². The summed E-state index contributed by atoms with van der Waals surface area (Å²) in [4.78, 5) is 4.11. The van der Waals surface area contributed by atoms with Gasteiger partial charge in [0.15, 0.2) is 5.13 Å². The molecule has 0 aliphatic carbocycles. The standard InChI is InChI=1S/C11H12F3N3S/c12-11(13,14)3-4-16-6-7-1-2-8-9(5-7)18-10(15)17-8/h1-2,5,16H,3-4,6H2,(H2,15,17). The Morgan fingerprint density at radius 3 is 2.83 bits per heavy atom. The molecule has 3 nitrogen and oxygen atoms in total. The van der Waals surface area contributed by atoms with E-state index < -0.39 is 12.6 Å². The number of anilines is 1. The van der Waals surface area contributed by atoms with Crippen LogP contribution in [0.4, 0.5) is 18.3 Å². The van der Waals surface area contributed by atoms with Crippen molar-refractivity contribution in [2.45, 2.75) is 19.1 Å². The van der Waals surface area contributed by atoms with Gasteiger partial charge in [-0.3, -0.25) is 0 Å². The average molecular weight is 275 g/mol. The molecule has 0 aliphatic rings. The highest BCUT2D eigenvalue weighted by atomic mass is 32.1. The first-order chi connectivity index (χ1) is 8.44. The van der Waals surface area contributed by atoms with E-state index in [1.165, 1.54) is 11.3 Å². The summed E-state index contributed by atoms with van der Waals surface area (Å²) in [5.74, 6) is 0. The highest BCUT2D eigenvalue weighted by Gasteiger charge is 2.25. The van der Waals surface area contributed by atoms with Crippen LogP contribution in [-0.2, 0) is 6.54 Å². The number of alkyl halides is 3. The van der Waals surface area contributed by atoms with Gasteiger partial charge < -0.3 is 11.1 Å². The van der Waals surface area contributed by atoms with Crippen LogP contribution in [-0.4, -0.2) is 17.7 Å². The van der Waals surface area contributed by atoms with Crippen molar-refractivity contribution in [3.8, 4) is 0 Å². The number of rotatable bonds is 4. The van der Waals surface area contributed by atoms with Gasteiger partial charge in [0.25, 0.3) is 0 Å². The first kappa shape index (κ1) is 13.1. The van der Waals surface area contributed by atoms with E-state index in [9.17, 15) is 13.2 Å². The second kappa shape index (κ2) is 5.11. The lowest BCUT2D eigenvalue weighted by Gasteiger charge is -2.07. The van der Waals surface area contributed by atoms with Crippen molar-refractivity contribution >= 4 is 26.7 Å². The third-order valence-electron chi connectivity index (χ3n) is 2.38. The summed E-state index contributed by atoms with van der Waals surface area (Å²) in [6, 6.07) is 5.55. The molecule has 1 aromatic heterocycles. The van der Waals surface area contributed by atoms with Gasteiger partial charge in [-0.15, -0.1) is 0 Å². The van der Waals surface area contributed by atoms with Gasteiger partial charge in [0, 0.05) is 13.1 Å². The van der Waals surface area contributed by atoms with Gasteiger partial charge >= 0.3 is 6.18 Å². The number of hydrogen-bond donors (Lipinski definition) is 2. The van der Waals surface area contributed by atoms with E-state index in [2.05, 4.69) is 10.3 Å². The molecule has 0 bridgehead atoms. The Morgan fingerprint density at radius 2 is 2.11 bits per heavy atom. The molecule has 0 amide bonds. The first-order valence-electron chi connectivity index (χ1n) is 5.36. The SMILES string of the molecule is Nc1nc2ccc(CNCCC(F)(F)F)cc2s1. The lowest BCUT2D eigenvalue weighted by Crippen LogP contribution is -2.21. The predicted octanol–water partition coefficient (Wildman–Crippen LogP) is 2.92. The van der Waals surface area contributed by atoms with Crippen molar-refractivity contribution in [3.63, 3.8) is 0 Å². The van der Waals surface area contributed by atoms with Crippen molar-refractivity contribution in [2.24, 2.45) is 0 Å². The van der Waals surface area contributed by atoms with Crippen LogP contribution in [0, 0.1) is 0 Å². The van der Waals surface area contributed by atoms with Gasteiger partial charge in [-0.25, -0.2) is 4.98 Å². The lowest BCUT2D eigenvalue weighted by atomic mass is 10.2. The summed E-state index contributed by atoms with van der Waals surface area (Å²) in [6.45, 7) is 0.330. The topological polar surface area (TPSA) is 50.9 Å². The van der Waals surface area contributed by atoms with E-state index in [1.54, 1.807) is 0 Å². The van der Waals surface area contributed by atoms with E-state index in [0.29, 0.717) is 11.7 Å². The van der Waals surface area contributed by atoms with E-state index in [-0.39, 0.29) is 6.54 Å². The van der Waals surface area contributed by atoms with Crippen molar-refractivity contribution in [1.29, 1.82) is 0 Å². The number of nitrogens with zero attached hydrogens (tertiary/aromatic N) is 1. The molecule has 1 aromatic carbocycles. The number of fused-ring (bicyclic) bond motifs is 1. The number of thiazole rings is 1. The Labute approximate surface area is 106 Å². The predicted molar refractivity (Wildman–Crippen MR) is 66.4 cm³/mol. The third-order valence-corrected chi connectivity index (χ3v) is 3.23. The highest BCUT2D eigenvalue weighted by Crippen LogP contribution is 2.24.